The molecule has 0 saturated carbocycles. The van der Waals surface area contributed by atoms with Crippen molar-refractivity contribution in [3.63, 3.8) is 0 Å². The number of tetrazole rings is 1. The van der Waals surface area contributed by atoms with E-state index in [4.69, 9.17) is 16.3 Å². The molecule has 2 bridgehead atoms. The van der Waals surface area contributed by atoms with E-state index in [9.17, 15) is 14.7 Å². The molecule has 40 heavy (non-hydrogen) atoms. The van der Waals surface area contributed by atoms with Gasteiger partial charge in [0.05, 0.1) is 18.6 Å². The van der Waals surface area contributed by atoms with Gasteiger partial charge in [-0.1, -0.05) is 96.5 Å². The smallest absolute Gasteiger partial charge is 0.310 e. The Labute approximate surface area is 234 Å². The number of carbonyl (C=O) groups excluding carboxylic acids is 1. The predicted octanol–water partition coefficient (Wildman–Crippen LogP) is 3.92. The lowest BCUT2D eigenvalue weighted by atomic mass is 9.77. The molecule has 3 aliphatic rings. The van der Waals surface area contributed by atoms with Crippen LogP contribution in [0.1, 0.15) is 34.6 Å². The van der Waals surface area contributed by atoms with Gasteiger partial charge in [-0.25, -0.2) is 4.68 Å². The number of carboxylic acids is 1. The van der Waals surface area contributed by atoms with E-state index in [0.717, 1.165) is 16.7 Å². The van der Waals surface area contributed by atoms with Crippen molar-refractivity contribution in [2.24, 2.45) is 11.8 Å². The van der Waals surface area contributed by atoms with Crippen LogP contribution >= 0.6 is 11.6 Å². The summed E-state index contributed by atoms with van der Waals surface area (Å²) in [7, 11) is 0. The largest absolute Gasteiger partial charge is 0.481 e. The predicted molar refractivity (Wildman–Crippen MR) is 144 cm³/mol. The number of likely N-dealkylation sites (tertiary alicyclic amines) is 1. The number of fused-ring (bicyclic) bond motifs is 1. The molecule has 0 radical (unpaired) electrons. The van der Waals surface area contributed by atoms with Crippen LogP contribution in [0.2, 0.25) is 5.02 Å². The molecule has 2 fully saturated rings. The van der Waals surface area contributed by atoms with Gasteiger partial charge >= 0.3 is 5.97 Å². The van der Waals surface area contributed by atoms with E-state index < -0.39 is 35.6 Å². The third-order valence-electron chi connectivity index (χ3n) is 8.15. The molecule has 1 N–H and O–H groups in total. The molecule has 4 heterocycles. The number of rotatable bonds is 7. The summed E-state index contributed by atoms with van der Waals surface area (Å²) in [5.41, 5.74) is 1.68. The number of hydrogen-bond acceptors (Lipinski definition) is 6. The molecular weight excluding hydrogens is 530 g/mol. The average Bonchev–Trinajstić information content (AvgIpc) is 3.74. The Morgan fingerprint density at radius 2 is 1.57 bits per heavy atom. The zero-order valence-corrected chi connectivity index (χ0v) is 21.9. The minimum absolute atomic E-state index is 0.175. The summed E-state index contributed by atoms with van der Waals surface area (Å²) in [5.74, 6) is -2.69. The fraction of sp³-hybridized carbons (Fsp3) is 0.233. The van der Waals surface area contributed by atoms with Crippen LogP contribution < -0.4 is 0 Å². The van der Waals surface area contributed by atoms with Crippen molar-refractivity contribution in [2.45, 2.75) is 23.8 Å². The second-order valence-corrected chi connectivity index (χ2v) is 10.8. The second-order valence-electron chi connectivity index (χ2n) is 10.4. The molecule has 3 aromatic carbocycles. The molecule has 7 rings (SSSR count). The number of carbonyl (C=O) groups is 2. The van der Waals surface area contributed by atoms with Crippen LogP contribution in [0.4, 0.5) is 0 Å². The van der Waals surface area contributed by atoms with Gasteiger partial charge < -0.3 is 14.7 Å². The highest BCUT2D eigenvalue weighted by atomic mass is 35.5. The number of carboxylic acid groups (broad SMARTS) is 1. The van der Waals surface area contributed by atoms with Crippen molar-refractivity contribution in [1.29, 1.82) is 0 Å². The van der Waals surface area contributed by atoms with E-state index in [-0.39, 0.29) is 18.5 Å². The number of amides is 1. The van der Waals surface area contributed by atoms with Crippen molar-refractivity contribution in [3.05, 3.63) is 125 Å². The minimum atomic E-state index is -1.04. The monoisotopic (exact) mass is 553 g/mol. The van der Waals surface area contributed by atoms with Crippen LogP contribution in [0, 0.1) is 11.8 Å². The number of benzene rings is 3. The highest BCUT2D eigenvalue weighted by Gasteiger charge is 2.68. The third-order valence-corrected chi connectivity index (χ3v) is 8.40. The van der Waals surface area contributed by atoms with Crippen LogP contribution in [-0.2, 0) is 14.3 Å². The molecule has 10 heteroatoms. The highest BCUT2D eigenvalue weighted by Crippen LogP contribution is 2.54. The summed E-state index contributed by atoms with van der Waals surface area (Å²) in [6.45, 7) is 0.175. The molecule has 200 valence electrons. The second kappa shape index (κ2) is 9.39. The zero-order valence-electron chi connectivity index (χ0n) is 21.1. The molecular formula is C30H24ClN5O4. The molecule has 0 unspecified atom stereocenters. The lowest BCUT2D eigenvalue weighted by molar-refractivity contribution is -0.148. The first-order chi connectivity index (χ1) is 19.5. The lowest BCUT2D eigenvalue weighted by Crippen LogP contribution is -2.40. The molecule has 1 spiro atoms. The number of aliphatic carboxylic acids is 1. The van der Waals surface area contributed by atoms with Gasteiger partial charge in [-0.2, -0.15) is 0 Å². The standard InChI is InChI=1S/C30H24ClN5O4/c31-21-13-11-20(12-14-21)26(35-17-30-16-15-22(40-30)23(29(38)39)24(30)28(35)37)27-32-33-34-36(27)25(18-7-3-1-4-8-18)19-9-5-2-6-10-19/h1-16,22-26H,17H2,(H,38,39)/t22-,23-,24-,26+,30+/m1/s1. The molecule has 1 amide bonds. The maximum absolute atomic E-state index is 14.1. The van der Waals surface area contributed by atoms with E-state index >= 15 is 0 Å². The van der Waals surface area contributed by atoms with Gasteiger partial charge in [0.25, 0.3) is 0 Å². The number of nitrogens with zero attached hydrogens (tertiary/aromatic N) is 5. The van der Waals surface area contributed by atoms with Crippen molar-refractivity contribution in [3.8, 4) is 0 Å². The van der Waals surface area contributed by atoms with E-state index in [1.165, 1.54) is 0 Å². The Hall–Kier alpha value is -4.34. The molecule has 5 atom stereocenters. The van der Waals surface area contributed by atoms with Crippen molar-refractivity contribution in [2.75, 3.05) is 6.54 Å². The van der Waals surface area contributed by atoms with E-state index in [2.05, 4.69) is 15.5 Å². The summed E-state index contributed by atoms with van der Waals surface area (Å²) in [4.78, 5) is 28.0. The van der Waals surface area contributed by atoms with Crippen LogP contribution in [-0.4, -0.2) is 60.3 Å². The first-order valence-corrected chi connectivity index (χ1v) is 13.4. The topological polar surface area (TPSA) is 110 Å². The molecule has 9 nitrogen and oxygen atoms in total. The summed E-state index contributed by atoms with van der Waals surface area (Å²) < 4.78 is 7.91. The summed E-state index contributed by atoms with van der Waals surface area (Å²) in [5, 5.41) is 23.5. The number of halogens is 1. The van der Waals surface area contributed by atoms with E-state index in [0.29, 0.717) is 10.8 Å². The Kier molecular flexibility index (Phi) is 5.80. The Morgan fingerprint density at radius 3 is 2.20 bits per heavy atom. The van der Waals surface area contributed by atoms with Gasteiger partial charge in [-0.3, -0.25) is 9.59 Å². The maximum atomic E-state index is 14.1. The van der Waals surface area contributed by atoms with E-state index in [1.54, 1.807) is 27.8 Å². The number of aromatic nitrogens is 4. The maximum Gasteiger partial charge on any atom is 0.310 e. The van der Waals surface area contributed by atoms with Gasteiger partial charge in [-0.15, -0.1) is 5.10 Å². The van der Waals surface area contributed by atoms with Crippen molar-refractivity contribution < 1.29 is 19.4 Å². The first-order valence-electron chi connectivity index (χ1n) is 13.0. The Bertz CT molecular complexity index is 1570. The van der Waals surface area contributed by atoms with E-state index in [1.807, 2.05) is 78.9 Å². The van der Waals surface area contributed by atoms with Gasteiger partial charge in [-0.05, 0) is 39.2 Å². The summed E-state index contributed by atoms with van der Waals surface area (Å²) >= 11 is 6.23. The fourth-order valence-corrected chi connectivity index (χ4v) is 6.58. The number of hydrogen-bond donors (Lipinski definition) is 1. The molecule has 3 aliphatic heterocycles. The summed E-state index contributed by atoms with van der Waals surface area (Å²) in [6.07, 6.45) is 2.99. The minimum Gasteiger partial charge on any atom is -0.481 e. The van der Waals surface area contributed by atoms with Crippen LogP contribution in [0.25, 0.3) is 0 Å². The third kappa shape index (κ3) is 3.76. The Morgan fingerprint density at radius 1 is 0.950 bits per heavy atom. The molecule has 0 aliphatic carbocycles. The molecule has 2 saturated heterocycles. The highest BCUT2D eigenvalue weighted by molar-refractivity contribution is 6.30. The van der Waals surface area contributed by atoms with Gasteiger partial charge in [0.1, 0.15) is 23.6 Å². The molecule has 1 aromatic heterocycles. The van der Waals surface area contributed by atoms with Gasteiger partial charge in [0.2, 0.25) is 5.91 Å². The average molecular weight is 554 g/mol. The summed E-state index contributed by atoms with van der Waals surface area (Å²) in [6, 6.07) is 25.9. The number of ether oxygens (including phenoxy) is 1. The Balaban J connectivity index is 1.38. The van der Waals surface area contributed by atoms with Gasteiger partial charge in [0.15, 0.2) is 5.82 Å². The first kappa shape index (κ1) is 24.7. The van der Waals surface area contributed by atoms with Crippen molar-refractivity contribution in [1.82, 2.24) is 25.1 Å². The lowest BCUT2D eigenvalue weighted by Gasteiger charge is -2.31. The van der Waals surface area contributed by atoms with Crippen LogP contribution in [0.15, 0.2) is 97.1 Å². The zero-order chi connectivity index (χ0) is 27.4. The van der Waals surface area contributed by atoms with Crippen molar-refractivity contribution >= 4 is 23.5 Å². The normalized spacial score (nSPS) is 25.5. The molecule has 4 aromatic rings. The fourth-order valence-electron chi connectivity index (χ4n) is 6.45. The van der Waals surface area contributed by atoms with Gasteiger partial charge in [0, 0.05) is 5.02 Å². The SMILES string of the molecule is O=C(O)[C@@H]1[C@H]2C=C[C@@]3(CN([C@@H](c4ccc(Cl)cc4)c4nnnn4C(c4ccccc4)c4ccccc4)C(=O)[C@@H]13)O2. The van der Waals surface area contributed by atoms with Crippen LogP contribution in [0.3, 0.4) is 0 Å². The van der Waals surface area contributed by atoms with Crippen LogP contribution in [0.5, 0.6) is 0 Å². The quantitative estimate of drug-likeness (QED) is 0.345.